The predicted molar refractivity (Wildman–Crippen MR) is 55.3 cm³/mol. The number of hydrogen-bond acceptors (Lipinski definition) is 2. The van der Waals surface area contributed by atoms with Crippen molar-refractivity contribution in [3.8, 4) is 0 Å². The summed E-state index contributed by atoms with van der Waals surface area (Å²) in [5.41, 5.74) is 0. The van der Waals surface area contributed by atoms with Crippen molar-refractivity contribution in [2.45, 2.75) is 12.8 Å². The number of ether oxygens (including phenoxy) is 1. The molecule has 73 valence electrons. The molecule has 13 heavy (non-hydrogen) atoms. The summed E-state index contributed by atoms with van der Waals surface area (Å²) >= 11 is 0. The van der Waals surface area contributed by atoms with Crippen molar-refractivity contribution in [1.29, 1.82) is 0 Å². The second-order valence-electron chi connectivity index (χ2n) is 3.15. The first-order valence-corrected chi connectivity index (χ1v) is 4.77. The van der Waals surface area contributed by atoms with Crippen LogP contribution in [0, 0.1) is 6.04 Å². The van der Waals surface area contributed by atoms with Gasteiger partial charge in [-0.25, -0.2) is 0 Å². The van der Waals surface area contributed by atoms with Crippen LogP contribution < -0.4 is 0 Å². The van der Waals surface area contributed by atoms with Crippen LogP contribution in [0.1, 0.15) is 12.8 Å². The third-order valence-electron chi connectivity index (χ3n) is 2.22. The lowest BCUT2D eigenvalue weighted by molar-refractivity contribution is 0.0396. The maximum absolute atomic E-state index is 5.30. The zero-order valence-corrected chi connectivity index (χ0v) is 8.17. The largest absolute Gasteiger partial charge is 0.379 e. The average Bonchev–Trinajstić information content (AvgIpc) is 2.19. The van der Waals surface area contributed by atoms with E-state index in [2.05, 4.69) is 18.1 Å². The number of rotatable bonds is 5. The molecule has 1 radical (unpaired) electrons. The molecule has 0 spiro atoms. The minimum absolute atomic E-state index is 0.845. The van der Waals surface area contributed by atoms with Crippen LogP contribution in [0.15, 0.2) is 25.3 Å². The lowest BCUT2D eigenvalue weighted by Crippen LogP contribution is -2.38. The molecule has 2 nitrogen and oxygen atoms in total. The van der Waals surface area contributed by atoms with Crippen LogP contribution in [0.2, 0.25) is 0 Å². The highest BCUT2D eigenvalue weighted by Gasteiger charge is 2.18. The molecular formula is C11H18NO. The van der Waals surface area contributed by atoms with E-state index in [9.17, 15) is 0 Å². The Labute approximate surface area is 80.9 Å². The van der Waals surface area contributed by atoms with Crippen molar-refractivity contribution in [3.05, 3.63) is 31.4 Å². The van der Waals surface area contributed by atoms with Crippen molar-refractivity contribution >= 4 is 0 Å². The third-order valence-corrected chi connectivity index (χ3v) is 2.22. The summed E-state index contributed by atoms with van der Waals surface area (Å²) in [6.07, 6.45) is 5.83. The van der Waals surface area contributed by atoms with Crippen LogP contribution in [0.4, 0.5) is 0 Å². The molecule has 1 aliphatic rings. The molecule has 0 aromatic rings. The molecule has 0 N–H and O–H groups in total. The molecule has 1 rings (SSSR count). The molecule has 1 saturated heterocycles. The summed E-state index contributed by atoms with van der Waals surface area (Å²) in [4.78, 5) is 2.38. The molecular weight excluding hydrogens is 162 g/mol. The monoisotopic (exact) mass is 180 g/mol. The van der Waals surface area contributed by atoms with Crippen molar-refractivity contribution in [1.82, 2.24) is 4.90 Å². The van der Waals surface area contributed by atoms with Crippen LogP contribution in [0.5, 0.6) is 0 Å². The first kappa shape index (κ1) is 10.5. The van der Waals surface area contributed by atoms with E-state index in [1.54, 1.807) is 0 Å². The highest BCUT2D eigenvalue weighted by molar-refractivity contribution is 5.00. The van der Waals surface area contributed by atoms with Gasteiger partial charge in [0, 0.05) is 19.1 Å². The molecule has 0 aromatic heterocycles. The van der Waals surface area contributed by atoms with Gasteiger partial charge in [-0.2, -0.15) is 0 Å². The van der Waals surface area contributed by atoms with Crippen LogP contribution in [-0.2, 0) is 4.74 Å². The number of nitrogens with zero attached hydrogens (tertiary/aromatic N) is 1. The van der Waals surface area contributed by atoms with Gasteiger partial charge >= 0.3 is 0 Å². The van der Waals surface area contributed by atoms with Crippen molar-refractivity contribution in [2.24, 2.45) is 0 Å². The van der Waals surface area contributed by atoms with Gasteiger partial charge in [-0.1, -0.05) is 12.2 Å². The van der Waals surface area contributed by atoms with E-state index >= 15 is 0 Å². The number of hydrogen-bond donors (Lipinski definition) is 0. The van der Waals surface area contributed by atoms with Gasteiger partial charge in [0.2, 0.25) is 0 Å². The Morgan fingerprint density at radius 3 is 2.15 bits per heavy atom. The van der Waals surface area contributed by atoms with Crippen molar-refractivity contribution < 1.29 is 4.74 Å². The Hall–Kier alpha value is -0.600. The lowest BCUT2D eigenvalue weighted by atomic mass is 10.1. The SMILES string of the molecule is C=CC[C](CC=C)N1CCOCC1. The second-order valence-corrected chi connectivity index (χ2v) is 3.15. The fourth-order valence-corrected chi connectivity index (χ4v) is 1.55. The Morgan fingerprint density at radius 1 is 1.15 bits per heavy atom. The first-order valence-electron chi connectivity index (χ1n) is 4.77. The van der Waals surface area contributed by atoms with E-state index in [4.69, 9.17) is 4.74 Å². The molecule has 0 bridgehead atoms. The summed E-state index contributed by atoms with van der Waals surface area (Å²) < 4.78 is 5.30. The smallest absolute Gasteiger partial charge is 0.0594 e. The highest BCUT2D eigenvalue weighted by Crippen LogP contribution is 2.19. The molecule has 1 heterocycles. The van der Waals surface area contributed by atoms with Gasteiger partial charge in [-0.15, -0.1) is 13.2 Å². The summed E-state index contributed by atoms with van der Waals surface area (Å²) in [6, 6.07) is 1.41. The Balaban J connectivity index is 2.40. The molecule has 0 amide bonds. The minimum atomic E-state index is 0.845. The molecule has 0 atom stereocenters. The van der Waals surface area contributed by atoms with Gasteiger partial charge in [0.05, 0.1) is 13.2 Å². The summed E-state index contributed by atoms with van der Waals surface area (Å²) in [5, 5.41) is 0. The fourth-order valence-electron chi connectivity index (χ4n) is 1.55. The molecule has 1 aliphatic heterocycles. The van der Waals surface area contributed by atoms with E-state index in [1.165, 1.54) is 6.04 Å². The minimum Gasteiger partial charge on any atom is -0.379 e. The van der Waals surface area contributed by atoms with E-state index < -0.39 is 0 Å². The second kappa shape index (κ2) is 5.95. The zero-order valence-electron chi connectivity index (χ0n) is 8.17. The van der Waals surface area contributed by atoms with Gasteiger partial charge in [-0.05, 0) is 12.8 Å². The topological polar surface area (TPSA) is 12.5 Å². The lowest BCUT2D eigenvalue weighted by Gasteiger charge is -2.32. The van der Waals surface area contributed by atoms with Gasteiger partial charge < -0.3 is 4.74 Å². The first-order chi connectivity index (χ1) is 6.38. The molecule has 1 fully saturated rings. The molecule has 2 heteroatoms. The highest BCUT2D eigenvalue weighted by atomic mass is 16.5. The van der Waals surface area contributed by atoms with Gasteiger partial charge in [-0.3, -0.25) is 4.90 Å². The van der Waals surface area contributed by atoms with Crippen LogP contribution >= 0.6 is 0 Å². The predicted octanol–water partition coefficient (Wildman–Crippen LogP) is 2.00. The molecule has 0 saturated carbocycles. The Morgan fingerprint density at radius 2 is 1.69 bits per heavy atom. The van der Waals surface area contributed by atoms with Crippen molar-refractivity contribution in [3.63, 3.8) is 0 Å². The maximum atomic E-state index is 5.30. The standard InChI is InChI=1S/C11H18NO/c1-3-5-11(6-4-2)12-7-9-13-10-8-12/h3-4H,1-2,5-10H2. The normalized spacial score (nSPS) is 18.8. The fraction of sp³-hybridized carbons (Fsp3) is 0.545. The maximum Gasteiger partial charge on any atom is 0.0594 e. The van der Waals surface area contributed by atoms with Crippen LogP contribution in [0.3, 0.4) is 0 Å². The van der Waals surface area contributed by atoms with E-state index in [-0.39, 0.29) is 0 Å². The van der Waals surface area contributed by atoms with Crippen LogP contribution in [-0.4, -0.2) is 31.2 Å². The Kier molecular flexibility index (Phi) is 4.79. The molecule has 0 aromatic carbocycles. The van der Waals surface area contributed by atoms with E-state index in [1.807, 2.05) is 12.2 Å². The summed E-state index contributed by atoms with van der Waals surface area (Å²) in [7, 11) is 0. The zero-order chi connectivity index (χ0) is 9.52. The van der Waals surface area contributed by atoms with Crippen molar-refractivity contribution in [2.75, 3.05) is 26.3 Å². The number of morpholine rings is 1. The van der Waals surface area contributed by atoms with E-state index in [0.717, 1.165) is 39.1 Å². The quantitative estimate of drug-likeness (QED) is 0.600. The summed E-state index contributed by atoms with van der Waals surface area (Å²) in [6.45, 7) is 11.2. The van der Waals surface area contributed by atoms with Crippen LogP contribution in [0.25, 0.3) is 0 Å². The molecule has 0 unspecified atom stereocenters. The summed E-state index contributed by atoms with van der Waals surface area (Å²) in [5.74, 6) is 0. The average molecular weight is 180 g/mol. The third kappa shape index (κ3) is 3.33. The van der Waals surface area contributed by atoms with E-state index in [0.29, 0.717) is 0 Å². The van der Waals surface area contributed by atoms with Gasteiger partial charge in [0.1, 0.15) is 0 Å². The van der Waals surface area contributed by atoms with Gasteiger partial charge in [0.25, 0.3) is 0 Å². The van der Waals surface area contributed by atoms with Gasteiger partial charge in [0.15, 0.2) is 0 Å². The molecule has 0 aliphatic carbocycles. The Bertz CT molecular complexity index is 151.